The van der Waals surface area contributed by atoms with Crippen molar-refractivity contribution in [3.8, 4) is 0 Å². The van der Waals surface area contributed by atoms with Gasteiger partial charge in [0.1, 0.15) is 0 Å². The molecule has 0 unspecified atom stereocenters. The minimum atomic E-state index is -0.0182. The van der Waals surface area contributed by atoms with Crippen LogP contribution in [0, 0.1) is 5.92 Å². The van der Waals surface area contributed by atoms with Crippen LogP contribution in [-0.4, -0.2) is 22.1 Å². The molecular weight excluding hydrogens is 346 g/mol. The average molecular weight is 363 g/mol. The highest BCUT2D eigenvalue weighted by Crippen LogP contribution is 2.28. The molecule has 0 aliphatic rings. The Labute approximate surface area is 119 Å². The van der Waals surface area contributed by atoms with Gasteiger partial charge < -0.3 is 5.32 Å². The molecule has 0 saturated heterocycles. The highest BCUT2D eigenvalue weighted by atomic mass is 79.9. The Morgan fingerprint density at radius 3 is 2.53 bits per heavy atom. The Morgan fingerprint density at radius 1 is 1.41 bits per heavy atom. The molecule has 0 heterocycles. The van der Waals surface area contributed by atoms with E-state index in [0.717, 1.165) is 5.33 Å². The average Bonchev–Trinajstić information content (AvgIpc) is 2.36. The molecule has 4 heteroatoms. The van der Waals surface area contributed by atoms with E-state index in [1.165, 1.54) is 0 Å². The van der Waals surface area contributed by atoms with Gasteiger partial charge in [0.15, 0.2) is 0 Å². The zero-order valence-electron chi connectivity index (χ0n) is 10.0. The van der Waals surface area contributed by atoms with E-state index >= 15 is 0 Å². The van der Waals surface area contributed by atoms with Gasteiger partial charge in [0, 0.05) is 21.8 Å². The van der Waals surface area contributed by atoms with Crippen LogP contribution in [0.3, 0.4) is 0 Å². The molecule has 17 heavy (non-hydrogen) atoms. The smallest absolute Gasteiger partial charge is 0.251 e. The second-order valence-electron chi connectivity index (χ2n) is 4.39. The summed E-state index contributed by atoms with van der Waals surface area (Å²) in [6.07, 6.45) is 0. The third kappa shape index (κ3) is 4.43. The molecule has 0 bridgehead atoms. The van der Waals surface area contributed by atoms with Gasteiger partial charge in [-0.1, -0.05) is 57.0 Å². The Hall–Kier alpha value is -0.350. The third-order valence-electron chi connectivity index (χ3n) is 2.89. The number of benzene rings is 1. The number of halogens is 2. The summed E-state index contributed by atoms with van der Waals surface area (Å²) in [5.74, 6) is 0.324. The summed E-state index contributed by atoms with van der Waals surface area (Å²) in [7, 11) is 0. The second kappa shape index (κ2) is 6.55. The fraction of sp³-hybridized carbons (Fsp3) is 0.462. The van der Waals surface area contributed by atoms with Crippen LogP contribution in [0.4, 0.5) is 0 Å². The molecule has 2 nitrogen and oxygen atoms in total. The van der Waals surface area contributed by atoms with Gasteiger partial charge in [-0.25, -0.2) is 0 Å². The van der Waals surface area contributed by atoms with Crippen molar-refractivity contribution < 1.29 is 4.79 Å². The monoisotopic (exact) mass is 361 g/mol. The number of rotatable bonds is 5. The van der Waals surface area contributed by atoms with Crippen LogP contribution in [0.15, 0.2) is 30.3 Å². The van der Waals surface area contributed by atoms with E-state index in [9.17, 15) is 4.79 Å². The largest absolute Gasteiger partial charge is 0.352 e. The number of amides is 1. The first-order valence-electron chi connectivity index (χ1n) is 5.55. The Morgan fingerprint density at radius 2 is 2.00 bits per heavy atom. The Balaban J connectivity index is 2.50. The lowest BCUT2D eigenvalue weighted by Crippen LogP contribution is -2.38. The molecule has 1 aromatic carbocycles. The molecule has 0 aliphatic heterocycles. The van der Waals surface area contributed by atoms with Crippen molar-refractivity contribution >= 4 is 37.8 Å². The van der Waals surface area contributed by atoms with Crippen LogP contribution >= 0.6 is 31.9 Å². The van der Waals surface area contributed by atoms with Crippen molar-refractivity contribution in [2.75, 3.05) is 11.9 Å². The van der Waals surface area contributed by atoms with Gasteiger partial charge >= 0.3 is 0 Å². The zero-order valence-corrected chi connectivity index (χ0v) is 13.2. The quantitative estimate of drug-likeness (QED) is 0.796. The summed E-state index contributed by atoms with van der Waals surface area (Å²) in [6, 6.07) is 9.27. The van der Waals surface area contributed by atoms with Crippen molar-refractivity contribution in [2.45, 2.75) is 18.2 Å². The van der Waals surface area contributed by atoms with E-state index in [-0.39, 0.29) is 10.2 Å². The summed E-state index contributed by atoms with van der Waals surface area (Å²) >= 11 is 7.12. The van der Waals surface area contributed by atoms with Crippen LogP contribution in [0.5, 0.6) is 0 Å². The van der Waals surface area contributed by atoms with Crippen LogP contribution in [0.1, 0.15) is 24.2 Å². The molecule has 1 aromatic rings. The number of hydrogen-bond acceptors (Lipinski definition) is 1. The van der Waals surface area contributed by atoms with E-state index < -0.39 is 0 Å². The number of carbonyl (C=O) groups is 1. The Kier molecular flexibility index (Phi) is 5.67. The van der Waals surface area contributed by atoms with E-state index in [1.54, 1.807) is 0 Å². The molecule has 94 valence electrons. The SMILES string of the molecule is C[C@@H](CNC(=O)c1ccccc1)[C@](C)(Br)CBr. The van der Waals surface area contributed by atoms with Crippen LogP contribution in [-0.2, 0) is 0 Å². The van der Waals surface area contributed by atoms with Gasteiger partial charge in [0.2, 0.25) is 0 Å². The summed E-state index contributed by atoms with van der Waals surface area (Å²) < 4.78 is -0.00301. The second-order valence-corrected chi connectivity index (χ2v) is 6.76. The predicted octanol–water partition coefficient (Wildman–Crippen LogP) is 3.60. The molecule has 0 fully saturated rings. The lowest BCUT2D eigenvalue weighted by Gasteiger charge is -2.27. The molecule has 1 amide bonds. The summed E-state index contributed by atoms with van der Waals surface area (Å²) in [6.45, 7) is 4.88. The van der Waals surface area contributed by atoms with E-state index in [1.807, 2.05) is 30.3 Å². The van der Waals surface area contributed by atoms with Crippen molar-refractivity contribution in [2.24, 2.45) is 5.92 Å². The first-order chi connectivity index (χ1) is 7.97. The van der Waals surface area contributed by atoms with Gasteiger partial charge in [0.05, 0.1) is 0 Å². The van der Waals surface area contributed by atoms with Crippen LogP contribution in [0.25, 0.3) is 0 Å². The molecule has 1 N–H and O–H groups in total. The highest BCUT2D eigenvalue weighted by Gasteiger charge is 2.26. The predicted molar refractivity (Wildman–Crippen MR) is 79.1 cm³/mol. The number of carbonyl (C=O) groups excluding carboxylic acids is 1. The maximum absolute atomic E-state index is 11.8. The third-order valence-corrected chi connectivity index (χ3v) is 5.87. The summed E-state index contributed by atoms with van der Waals surface area (Å²) in [4.78, 5) is 11.8. The number of nitrogens with one attached hydrogen (secondary N) is 1. The van der Waals surface area contributed by atoms with Gasteiger partial charge in [-0.15, -0.1) is 0 Å². The number of alkyl halides is 2. The zero-order chi connectivity index (χ0) is 12.9. The maximum Gasteiger partial charge on any atom is 0.251 e. The molecule has 2 atom stereocenters. The van der Waals surface area contributed by atoms with Crippen LogP contribution in [0.2, 0.25) is 0 Å². The maximum atomic E-state index is 11.8. The van der Waals surface area contributed by atoms with Crippen molar-refractivity contribution in [3.63, 3.8) is 0 Å². The molecule has 1 rings (SSSR count). The minimum absolute atomic E-state index is 0.00301. The van der Waals surface area contributed by atoms with Crippen LogP contribution < -0.4 is 5.32 Å². The van der Waals surface area contributed by atoms with Gasteiger partial charge in [-0.2, -0.15) is 0 Å². The molecule has 0 aliphatic carbocycles. The van der Waals surface area contributed by atoms with E-state index in [4.69, 9.17) is 0 Å². The molecule has 0 spiro atoms. The van der Waals surface area contributed by atoms with E-state index in [0.29, 0.717) is 18.0 Å². The lowest BCUT2D eigenvalue weighted by atomic mass is 9.98. The van der Waals surface area contributed by atoms with Crippen molar-refractivity contribution in [3.05, 3.63) is 35.9 Å². The highest BCUT2D eigenvalue weighted by molar-refractivity contribution is 9.12. The fourth-order valence-electron chi connectivity index (χ4n) is 1.28. The standard InChI is InChI=1S/C13H17Br2NO/c1-10(13(2,15)9-14)8-16-12(17)11-6-4-3-5-7-11/h3-7,10H,8-9H2,1-2H3,(H,16,17)/t10-,13+/m0/s1. The first kappa shape index (κ1) is 14.7. The normalized spacial score (nSPS) is 16.0. The van der Waals surface area contributed by atoms with Gasteiger partial charge in [0.25, 0.3) is 5.91 Å². The van der Waals surface area contributed by atoms with E-state index in [2.05, 4.69) is 51.0 Å². The van der Waals surface area contributed by atoms with Gasteiger partial charge in [-0.05, 0) is 25.0 Å². The van der Waals surface area contributed by atoms with Crippen molar-refractivity contribution in [1.82, 2.24) is 5.32 Å². The lowest BCUT2D eigenvalue weighted by molar-refractivity contribution is 0.0946. The Bertz CT molecular complexity index is 365. The summed E-state index contributed by atoms with van der Waals surface area (Å²) in [5.41, 5.74) is 0.704. The minimum Gasteiger partial charge on any atom is -0.352 e. The van der Waals surface area contributed by atoms with Crippen molar-refractivity contribution in [1.29, 1.82) is 0 Å². The molecule has 0 aromatic heterocycles. The summed E-state index contributed by atoms with van der Waals surface area (Å²) in [5, 5.41) is 3.80. The topological polar surface area (TPSA) is 29.1 Å². The van der Waals surface area contributed by atoms with Gasteiger partial charge in [-0.3, -0.25) is 4.79 Å². The molecule has 0 saturated carbocycles. The fourth-order valence-corrected chi connectivity index (χ4v) is 2.00. The molecular formula is C13H17Br2NO. The first-order valence-corrected chi connectivity index (χ1v) is 7.47. The number of hydrogen-bond donors (Lipinski definition) is 1. The molecule has 0 radical (unpaired) electrons.